The Kier molecular flexibility index (Phi) is 5.64. The van der Waals surface area contributed by atoms with Crippen molar-refractivity contribution >= 4 is 42.9 Å². The number of nitrogens with zero attached hydrogens (tertiary/aromatic N) is 3. The second-order valence-corrected chi connectivity index (χ2v) is 9.13. The number of aromatic amines is 1. The molecule has 0 unspecified atom stereocenters. The molecule has 0 fully saturated rings. The minimum absolute atomic E-state index is 0.140. The third kappa shape index (κ3) is 4.37. The largest absolute Gasteiger partial charge is 0.340 e. The van der Waals surface area contributed by atoms with Crippen LogP contribution in [0.15, 0.2) is 57.9 Å². The first kappa shape index (κ1) is 19.5. The summed E-state index contributed by atoms with van der Waals surface area (Å²) in [6.07, 6.45) is 0. The van der Waals surface area contributed by atoms with Gasteiger partial charge in [0.15, 0.2) is 0 Å². The highest BCUT2D eigenvalue weighted by molar-refractivity contribution is 9.10. The SMILES string of the molecule is CN(Cc1nc2ccccc2[nH]1)C(=O)CN(C)S(=O)(=O)c1ccc(Br)cc1. The average Bonchev–Trinajstić information content (AvgIpc) is 3.04. The number of hydrogen-bond donors (Lipinski definition) is 1. The number of H-pyrrole nitrogens is 1. The lowest BCUT2D eigenvalue weighted by molar-refractivity contribution is -0.130. The quantitative estimate of drug-likeness (QED) is 0.625. The van der Waals surface area contributed by atoms with Gasteiger partial charge in [0.05, 0.1) is 29.0 Å². The first-order valence-electron chi connectivity index (χ1n) is 8.17. The van der Waals surface area contributed by atoms with E-state index in [0.29, 0.717) is 5.82 Å². The topological polar surface area (TPSA) is 86.4 Å². The maximum absolute atomic E-state index is 12.6. The Bertz CT molecular complexity index is 1030. The van der Waals surface area contributed by atoms with Crippen molar-refractivity contribution in [3.05, 3.63) is 58.8 Å². The lowest BCUT2D eigenvalue weighted by Gasteiger charge is -2.21. The van der Waals surface area contributed by atoms with Crippen molar-refractivity contribution in [2.24, 2.45) is 0 Å². The van der Waals surface area contributed by atoms with Crippen LogP contribution >= 0.6 is 15.9 Å². The number of carbonyl (C=O) groups is 1. The molecule has 1 heterocycles. The van der Waals surface area contributed by atoms with Crippen molar-refractivity contribution in [1.29, 1.82) is 0 Å². The molecule has 3 rings (SSSR count). The Labute approximate surface area is 166 Å². The number of carbonyl (C=O) groups excluding carboxylic acids is 1. The molecule has 0 atom stereocenters. The van der Waals surface area contributed by atoms with E-state index in [0.717, 1.165) is 19.8 Å². The van der Waals surface area contributed by atoms with E-state index < -0.39 is 10.0 Å². The number of nitrogens with one attached hydrogen (secondary N) is 1. The van der Waals surface area contributed by atoms with E-state index in [1.807, 2.05) is 24.3 Å². The maximum Gasteiger partial charge on any atom is 0.243 e. The number of rotatable bonds is 6. The fourth-order valence-electron chi connectivity index (χ4n) is 2.58. The van der Waals surface area contributed by atoms with E-state index in [2.05, 4.69) is 25.9 Å². The van der Waals surface area contributed by atoms with Crippen LogP contribution in [-0.4, -0.2) is 54.1 Å². The number of halogens is 1. The number of amides is 1. The molecule has 0 aliphatic heterocycles. The van der Waals surface area contributed by atoms with Gasteiger partial charge in [0.25, 0.3) is 0 Å². The molecule has 0 aliphatic carbocycles. The van der Waals surface area contributed by atoms with Gasteiger partial charge in [-0.15, -0.1) is 0 Å². The first-order chi connectivity index (χ1) is 12.8. The van der Waals surface area contributed by atoms with E-state index >= 15 is 0 Å². The number of sulfonamides is 1. The van der Waals surface area contributed by atoms with Crippen molar-refractivity contribution in [1.82, 2.24) is 19.2 Å². The zero-order valence-electron chi connectivity index (χ0n) is 14.9. The fraction of sp³-hybridized carbons (Fsp3) is 0.222. The third-order valence-corrected chi connectivity index (χ3v) is 6.48. The van der Waals surface area contributed by atoms with Crippen LogP contribution < -0.4 is 0 Å². The summed E-state index contributed by atoms with van der Waals surface area (Å²) in [5.74, 6) is 0.323. The molecule has 7 nitrogen and oxygen atoms in total. The average molecular weight is 451 g/mol. The van der Waals surface area contributed by atoms with Gasteiger partial charge in [-0.1, -0.05) is 28.1 Å². The van der Waals surface area contributed by atoms with Gasteiger partial charge in [-0.2, -0.15) is 4.31 Å². The molecule has 0 spiro atoms. The number of imidazole rings is 1. The molecule has 1 N–H and O–H groups in total. The number of benzene rings is 2. The second kappa shape index (κ2) is 7.79. The lowest BCUT2D eigenvalue weighted by atomic mass is 10.3. The van der Waals surface area contributed by atoms with Crippen LogP contribution in [0.5, 0.6) is 0 Å². The van der Waals surface area contributed by atoms with Crippen molar-refractivity contribution in [2.75, 3.05) is 20.6 Å². The molecule has 0 saturated carbocycles. The zero-order valence-corrected chi connectivity index (χ0v) is 17.3. The van der Waals surface area contributed by atoms with Crippen LogP contribution in [-0.2, 0) is 21.4 Å². The Morgan fingerprint density at radius 1 is 1.11 bits per heavy atom. The highest BCUT2D eigenvalue weighted by atomic mass is 79.9. The molecule has 0 bridgehead atoms. The molecule has 1 amide bonds. The van der Waals surface area contributed by atoms with Gasteiger partial charge in [0.1, 0.15) is 5.82 Å². The minimum atomic E-state index is -3.74. The zero-order chi connectivity index (χ0) is 19.6. The van der Waals surface area contributed by atoms with Crippen LogP contribution in [0.3, 0.4) is 0 Å². The third-order valence-electron chi connectivity index (χ3n) is 4.13. The fourth-order valence-corrected chi connectivity index (χ4v) is 3.96. The molecule has 0 saturated heterocycles. The molecule has 2 aromatic carbocycles. The van der Waals surface area contributed by atoms with E-state index in [9.17, 15) is 13.2 Å². The van der Waals surface area contributed by atoms with Gasteiger partial charge in [-0.25, -0.2) is 13.4 Å². The summed E-state index contributed by atoms with van der Waals surface area (Å²) in [5, 5.41) is 0. The standard InChI is InChI=1S/C18H19BrN4O3S/c1-22(11-17-20-15-5-3-4-6-16(15)21-17)18(24)12-23(2)27(25,26)14-9-7-13(19)8-10-14/h3-10H,11-12H2,1-2H3,(H,20,21). The van der Waals surface area contributed by atoms with E-state index in [4.69, 9.17) is 0 Å². The molecular weight excluding hydrogens is 432 g/mol. The summed E-state index contributed by atoms with van der Waals surface area (Å²) in [4.78, 5) is 21.7. The Balaban J connectivity index is 1.67. The predicted molar refractivity (Wildman–Crippen MR) is 107 cm³/mol. The molecule has 1 aromatic heterocycles. The highest BCUT2D eigenvalue weighted by Crippen LogP contribution is 2.18. The molecule has 27 heavy (non-hydrogen) atoms. The van der Waals surface area contributed by atoms with Crippen LogP contribution in [0.4, 0.5) is 0 Å². The number of likely N-dealkylation sites (N-methyl/N-ethyl adjacent to an activating group) is 2. The van der Waals surface area contributed by atoms with Crippen molar-refractivity contribution in [2.45, 2.75) is 11.4 Å². The number of fused-ring (bicyclic) bond motifs is 1. The van der Waals surface area contributed by atoms with Crippen molar-refractivity contribution in [3.8, 4) is 0 Å². The van der Waals surface area contributed by atoms with Crippen molar-refractivity contribution < 1.29 is 13.2 Å². The normalized spacial score (nSPS) is 11.9. The van der Waals surface area contributed by atoms with Crippen molar-refractivity contribution in [3.63, 3.8) is 0 Å². The Hall–Kier alpha value is -2.23. The molecule has 0 aliphatic rings. The summed E-state index contributed by atoms with van der Waals surface area (Å²) in [6, 6.07) is 13.9. The number of aromatic nitrogens is 2. The summed E-state index contributed by atoms with van der Waals surface area (Å²) < 4.78 is 27.0. The maximum atomic E-state index is 12.6. The Morgan fingerprint density at radius 3 is 2.44 bits per heavy atom. The van der Waals surface area contributed by atoms with Gasteiger partial charge in [0.2, 0.25) is 15.9 Å². The van der Waals surface area contributed by atoms with Crippen LogP contribution in [0, 0.1) is 0 Å². The molecule has 3 aromatic rings. The van der Waals surface area contributed by atoms with E-state index in [-0.39, 0.29) is 23.9 Å². The summed E-state index contributed by atoms with van der Waals surface area (Å²) in [5.41, 5.74) is 1.71. The van der Waals surface area contributed by atoms with Crippen LogP contribution in [0.2, 0.25) is 0 Å². The second-order valence-electron chi connectivity index (χ2n) is 6.17. The monoisotopic (exact) mass is 450 g/mol. The smallest absolute Gasteiger partial charge is 0.243 e. The molecular formula is C18H19BrN4O3S. The van der Waals surface area contributed by atoms with Crippen LogP contribution in [0.25, 0.3) is 11.0 Å². The molecule has 9 heteroatoms. The van der Waals surface area contributed by atoms with Gasteiger partial charge >= 0.3 is 0 Å². The van der Waals surface area contributed by atoms with E-state index in [1.54, 1.807) is 19.2 Å². The molecule has 142 valence electrons. The highest BCUT2D eigenvalue weighted by Gasteiger charge is 2.24. The summed E-state index contributed by atoms with van der Waals surface area (Å²) >= 11 is 3.27. The summed E-state index contributed by atoms with van der Waals surface area (Å²) in [6.45, 7) is 0.00874. The van der Waals surface area contributed by atoms with Gasteiger partial charge < -0.3 is 9.88 Å². The number of hydrogen-bond acceptors (Lipinski definition) is 4. The number of para-hydroxylation sites is 2. The first-order valence-corrected chi connectivity index (χ1v) is 10.4. The predicted octanol–water partition coefficient (Wildman–Crippen LogP) is 2.60. The van der Waals surface area contributed by atoms with E-state index in [1.165, 1.54) is 24.1 Å². The van der Waals surface area contributed by atoms with Gasteiger partial charge in [0, 0.05) is 18.6 Å². The molecule has 0 radical (unpaired) electrons. The van der Waals surface area contributed by atoms with Crippen LogP contribution in [0.1, 0.15) is 5.82 Å². The van der Waals surface area contributed by atoms with Gasteiger partial charge in [-0.3, -0.25) is 4.79 Å². The minimum Gasteiger partial charge on any atom is -0.340 e. The Morgan fingerprint density at radius 2 is 1.78 bits per heavy atom. The summed E-state index contributed by atoms with van der Waals surface area (Å²) in [7, 11) is -0.722. The lowest BCUT2D eigenvalue weighted by Crippen LogP contribution is -2.39. The van der Waals surface area contributed by atoms with Gasteiger partial charge in [-0.05, 0) is 36.4 Å².